The fraction of sp³-hybridized carbons (Fsp3) is 0.200. The minimum absolute atomic E-state index is 0.166. The van der Waals surface area contributed by atoms with Crippen LogP contribution in [0.1, 0.15) is 12.5 Å². The van der Waals surface area contributed by atoms with Crippen LogP contribution in [0.3, 0.4) is 0 Å². The number of aryl methyl sites for hydroxylation is 1. The van der Waals surface area contributed by atoms with Crippen molar-refractivity contribution in [3.05, 3.63) is 53.3 Å². The number of carbonyl (C=O) groups excluding carboxylic acids is 1. The van der Waals surface area contributed by atoms with Gasteiger partial charge in [-0.3, -0.25) is 9.36 Å². The third-order valence-electron chi connectivity index (χ3n) is 4.20. The maximum atomic E-state index is 12.4. The third kappa shape index (κ3) is 4.58. The Balaban J connectivity index is 1.41. The Bertz CT molecular complexity index is 1210. The van der Waals surface area contributed by atoms with E-state index < -0.39 is 0 Å². The second-order valence-electron chi connectivity index (χ2n) is 6.34. The van der Waals surface area contributed by atoms with E-state index in [4.69, 9.17) is 16.3 Å². The van der Waals surface area contributed by atoms with Crippen molar-refractivity contribution in [3.63, 3.8) is 0 Å². The molecule has 154 valence electrons. The van der Waals surface area contributed by atoms with Crippen LogP contribution in [0.2, 0.25) is 5.02 Å². The molecule has 0 aliphatic rings. The second-order valence-corrected chi connectivity index (χ2v) is 8.72. The summed E-state index contributed by atoms with van der Waals surface area (Å²) in [6.45, 7) is 4.48. The van der Waals surface area contributed by atoms with Crippen LogP contribution in [-0.4, -0.2) is 38.0 Å². The summed E-state index contributed by atoms with van der Waals surface area (Å²) in [6, 6.07) is 11.4. The zero-order valence-corrected chi connectivity index (χ0v) is 18.6. The van der Waals surface area contributed by atoms with Crippen LogP contribution in [0.15, 0.2) is 47.9 Å². The van der Waals surface area contributed by atoms with E-state index in [1.54, 1.807) is 10.9 Å². The molecule has 2 aromatic heterocycles. The van der Waals surface area contributed by atoms with Gasteiger partial charge in [0.1, 0.15) is 12.1 Å². The number of nitrogens with zero attached hydrogens (tertiary/aromatic N) is 4. The highest BCUT2D eigenvalue weighted by Crippen LogP contribution is 2.30. The lowest BCUT2D eigenvalue weighted by Crippen LogP contribution is -2.14. The number of halogens is 1. The lowest BCUT2D eigenvalue weighted by atomic mass is 10.2. The number of ether oxygens (including phenoxy) is 1. The summed E-state index contributed by atoms with van der Waals surface area (Å²) in [5.74, 6) is 0.802. The molecule has 1 amide bonds. The highest BCUT2D eigenvalue weighted by molar-refractivity contribution is 7.99. The van der Waals surface area contributed by atoms with E-state index in [-0.39, 0.29) is 11.7 Å². The van der Waals surface area contributed by atoms with E-state index >= 15 is 0 Å². The van der Waals surface area contributed by atoms with Gasteiger partial charge in [0.15, 0.2) is 10.3 Å². The minimum Gasteiger partial charge on any atom is -0.494 e. The van der Waals surface area contributed by atoms with Crippen molar-refractivity contribution in [2.24, 2.45) is 0 Å². The lowest BCUT2D eigenvalue weighted by Gasteiger charge is -2.07. The molecular weight excluding hydrogens is 442 g/mol. The maximum absolute atomic E-state index is 12.4. The summed E-state index contributed by atoms with van der Waals surface area (Å²) in [5, 5.41) is 12.7. The molecule has 0 unspecified atom stereocenters. The predicted octanol–water partition coefficient (Wildman–Crippen LogP) is 4.97. The quantitative estimate of drug-likeness (QED) is 0.393. The highest BCUT2D eigenvalue weighted by atomic mass is 35.5. The first-order valence-corrected chi connectivity index (χ1v) is 11.3. The van der Waals surface area contributed by atoms with Gasteiger partial charge in [-0.2, -0.15) is 0 Å². The lowest BCUT2D eigenvalue weighted by molar-refractivity contribution is -0.113. The predicted molar refractivity (Wildman–Crippen MR) is 121 cm³/mol. The zero-order chi connectivity index (χ0) is 21.1. The van der Waals surface area contributed by atoms with Gasteiger partial charge in [0.25, 0.3) is 0 Å². The number of fused-ring (bicyclic) bond motifs is 1. The van der Waals surface area contributed by atoms with Crippen molar-refractivity contribution in [1.82, 2.24) is 19.7 Å². The van der Waals surface area contributed by atoms with Gasteiger partial charge in [-0.15, -0.1) is 10.2 Å². The first-order valence-electron chi connectivity index (χ1n) is 9.16. The van der Waals surface area contributed by atoms with E-state index in [0.29, 0.717) is 21.9 Å². The van der Waals surface area contributed by atoms with Crippen molar-refractivity contribution < 1.29 is 9.53 Å². The van der Waals surface area contributed by atoms with Gasteiger partial charge in [-0.25, -0.2) is 4.98 Å². The number of benzene rings is 2. The highest BCUT2D eigenvalue weighted by Gasteiger charge is 2.13. The SMILES string of the molecule is CCOc1ccc2nc(NC(=O)CSc3nncn3-c3ccc(C)c(Cl)c3)sc2c1. The van der Waals surface area contributed by atoms with Crippen molar-refractivity contribution in [2.75, 3.05) is 17.7 Å². The molecule has 0 saturated carbocycles. The first kappa shape index (κ1) is 20.6. The number of thioether (sulfide) groups is 1. The Morgan fingerprint density at radius 1 is 1.30 bits per heavy atom. The van der Waals surface area contributed by atoms with Gasteiger partial charge in [0, 0.05) is 5.02 Å². The van der Waals surface area contributed by atoms with Crippen LogP contribution in [0.4, 0.5) is 5.13 Å². The molecule has 4 rings (SSSR count). The molecule has 7 nitrogen and oxygen atoms in total. The van der Waals surface area contributed by atoms with E-state index in [9.17, 15) is 4.79 Å². The molecule has 0 bridgehead atoms. The summed E-state index contributed by atoms with van der Waals surface area (Å²) in [6.07, 6.45) is 1.60. The number of rotatable bonds is 7. The molecule has 0 saturated heterocycles. The third-order valence-corrected chi connectivity index (χ3v) is 6.48. The van der Waals surface area contributed by atoms with Gasteiger partial charge in [0.05, 0.1) is 28.3 Å². The average molecular weight is 460 g/mol. The fourth-order valence-corrected chi connectivity index (χ4v) is 4.55. The number of thiazole rings is 1. The van der Waals surface area contributed by atoms with E-state index in [2.05, 4.69) is 20.5 Å². The summed E-state index contributed by atoms with van der Waals surface area (Å²) in [5.41, 5.74) is 2.66. The van der Waals surface area contributed by atoms with Gasteiger partial charge in [-0.05, 0) is 49.7 Å². The molecule has 0 aliphatic carbocycles. The summed E-state index contributed by atoms with van der Waals surface area (Å²) >= 11 is 8.93. The Hall–Kier alpha value is -2.62. The van der Waals surface area contributed by atoms with E-state index in [1.807, 2.05) is 50.2 Å². The van der Waals surface area contributed by atoms with Gasteiger partial charge in [-0.1, -0.05) is 40.8 Å². The molecular formula is C20H18ClN5O2S2. The number of hydrogen-bond acceptors (Lipinski definition) is 7. The summed E-state index contributed by atoms with van der Waals surface area (Å²) < 4.78 is 8.27. The molecule has 2 heterocycles. The molecule has 2 aromatic carbocycles. The molecule has 0 atom stereocenters. The van der Waals surface area contributed by atoms with Crippen molar-refractivity contribution in [3.8, 4) is 11.4 Å². The topological polar surface area (TPSA) is 81.9 Å². The average Bonchev–Trinajstić information content (AvgIpc) is 3.34. The summed E-state index contributed by atoms with van der Waals surface area (Å²) in [7, 11) is 0. The monoisotopic (exact) mass is 459 g/mol. The van der Waals surface area contributed by atoms with Crippen LogP contribution in [0.5, 0.6) is 5.75 Å². The van der Waals surface area contributed by atoms with Gasteiger partial charge in [0.2, 0.25) is 5.91 Å². The van der Waals surface area contributed by atoms with Gasteiger partial charge < -0.3 is 10.1 Å². The molecule has 1 N–H and O–H groups in total. The van der Waals surface area contributed by atoms with Gasteiger partial charge >= 0.3 is 0 Å². The number of anilines is 1. The van der Waals surface area contributed by atoms with E-state index in [1.165, 1.54) is 23.1 Å². The summed E-state index contributed by atoms with van der Waals surface area (Å²) in [4.78, 5) is 16.9. The smallest absolute Gasteiger partial charge is 0.236 e. The Labute approximate surface area is 186 Å². The Morgan fingerprint density at radius 3 is 2.97 bits per heavy atom. The molecule has 30 heavy (non-hydrogen) atoms. The number of amides is 1. The van der Waals surface area contributed by atoms with Crippen LogP contribution in [0, 0.1) is 6.92 Å². The molecule has 0 aliphatic heterocycles. The van der Waals surface area contributed by atoms with E-state index in [0.717, 1.165) is 27.2 Å². The Kier molecular flexibility index (Phi) is 6.21. The normalized spacial score (nSPS) is 11.0. The maximum Gasteiger partial charge on any atom is 0.236 e. The van der Waals surface area contributed by atoms with Crippen LogP contribution < -0.4 is 10.1 Å². The van der Waals surface area contributed by atoms with Crippen molar-refractivity contribution in [1.29, 1.82) is 0 Å². The Morgan fingerprint density at radius 2 is 2.17 bits per heavy atom. The molecule has 0 radical (unpaired) electrons. The molecule has 10 heteroatoms. The first-order chi connectivity index (χ1) is 14.5. The zero-order valence-electron chi connectivity index (χ0n) is 16.3. The van der Waals surface area contributed by atoms with Crippen LogP contribution >= 0.6 is 34.7 Å². The number of aromatic nitrogens is 4. The number of hydrogen-bond donors (Lipinski definition) is 1. The van der Waals surface area contributed by atoms with Crippen molar-refractivity contribution in [2.45, 2.75) is 19.0 Å². The number of carbonyl (C=O) groups is 1. The molecule has 0 spiro atoms. The molecule has 4 aromatic rings. The van der Waals surface area contributed by atoms with Crippen LogP contribution in [-0.2, 0) is 4.79 Å². The fourth-order valence-electron chi connectivity index (χ4n) is 2.73. The minimum atomic E-state index is -0.166. The molecule has 0 fully saturated rings. The van der Waals surface area contributed by atoms with Crippen molar-refractivity contribution >= 4 is 56.0 Å². The standard InChI is InChI=1S/C20H18ClN5O2S2/c1-3-28-14-6-7-16-17(9-14)30-19(23-16)24-18(27)10-29-20-25-22-11-26(20)13-5-4-12(2)15(21)8-13/h4-9,11H,3,10H2,1-2H3,(H,23,24,27). The second kappa shape index (κ2) is 9.03. The number of nitrogens with one attached hydrogen (secondary N) is 1. The van der Waals surface area contributed by atoms with Crippen LogP contribution in [0.25, 0.3) is 15.9 Å². The largest absolute Gasteiger partial charge is 0.494 e.